The second-order valence-electron chi connectivity index (χ2n) is 10.7. The highest BCUT2D eigenvalue weighted by molar-refractivity contribution is 7.89. The molecule has 0 spiro atoms. The van der Waals surface area contributed by atoms with Crippen molar-refractivity contribution in [3.63, 3.8) is 0 Å². The molecule has 1 saturated heterocycles. The van der Waals surface area contributed by atoms with Crippen molar-refractivity contribution in [3.05, 3.63) is 107 Å². The van der Waals surface area contributed by atoms with Crippen LogP contribution in [0.15, 0.2) is 94.7 Å². The zero-order chi connectivity index (χ0) is 30.7. The smallest absolute Gasteiger partial charge is 0.354 e. The van der Waals surface area contributed by atoms with E-state index in [9.17, 15) is 17.6 Å². The molecule has 44 heavy (non-hydrogen) atoms. The zero-order valence-corrected chi connectivity index (χ0v) is 24.8. The minimum atomic E-state index is -3.90. The lowest BCUT2D eigenvalue weighted by atomic mass is 10.1. The summed E-state index contributed by atoms with van der Waals surface area (Å²) >= 11 is 0. The Labute approximate surface area is 254 Å². The number of nitrogens with two attached hydrogens (primary N) is 1. The number of sulfonamides is 1. The van der Waals surface area contributed by atoms with E-state index >= 15 is 0 Å². The lowest BCUT2D eigenvalue weighted by Gasteiger charge is -2.33. The highest BCUT2D eigenvalue weighted by atomic mass is 32.2. The molecular weight excluding hydrogens is 583 g/mol. The summed E-state index contributed by atoms with van der Waals surface area (Å²) in [5.74, 6) is 0.103. The van der Waals surface area contributed by atoms with Crippen molar-refractivity contribution < 1.29 is 17.5 Å². The Morgan fingerprint density at radius 2 is 1.77 bits per heavy atom. The standard InChI is InChI=1S/C32H33FN6O4S/c33-25-6-10-28(11-7-25)43-17-16-39(27-12-14-35-15-13-27)44(41,42)29-3-1-2-23(18-29)30-19-24-21-38(32(40)37-31(24)36-30)26-8-4-22(20-34)5-9-26/h1-11,18-19,21,27,35H,12-17,20,34H2,(H,36,37,40). The van der Waals surface area contributed by atoms with Crippen molar-refractivity contribution in [2.24, 2.45) is 5.73 Å². The molecule has 1 aliphatic heterocycles. The van der Waals surface area contributed by atoms with Gasteiger partial charge in [-0.2, -0.15) is 9.29 Å². The number of benzene rings is 3. The Kier molecular flexibility index (Phi) is 8.58. The number of nitrogens with zero attached hydrogens (tertiary/aromatic N) is 3. The normalized spacial score (nSPS) is 14.3. The zero-order valence-electron chi connectivity index (χ0n) is 23.9. The summed E-state index contributed by atoms with van der Waals surface area (Å²) in [6.07, 6.45) is 3.06. The number of hydrogen-bond donors (Lipinski definition) is 3. The van der Waals surface area contributed by atoms with Crippen molar-refractivity contribution in [2.45, 2.75) is 30.3 Å². The van der Waals surface area contributed by atoms with Gasteiger partial charge in [0.2, 0.25) is 10.0 Å². The first-order valence-electron chi connectivity index (χ1n) is 14.4. The Morgan fingerprint density at radius 1 is 1.02 bits per heavy atom. The number of piperidine rings is 1. The highest BCUT2D eigenvalue weighted by Crippen LogP contribution is 2.28. The summed E-state index contributed by atoms with van der Waals surface area (Å²) < 4.78 is 50.2. The van der Waals surface area contributed by atoms with Crippen LogP contribution in [0.4, 0.5) is 4.39 Å². The molecule has 3 heterocycles. The third-order valence-electron chi connectivity index (χ3n) is 7.82. The van der Waals surface area contributed by atoms with Crippen LogP contribution < -0.4 is 21.5 Å². The van der Waals surface area contributed by atoms with Crippen LogP contribution in [-0.4, -0.2) is 59.5 Å². The van der Waals surface area contributed by atoms with Crippen LogP contribution in [0, 0.1) is 5.82 Å². The van der Waals surface area contributed by atoms with Crippen molar-refractivity contribution >= 4 is 21.1 Å². The first kappa shape index (κ1) is 29.7. The molecule has 0 amide bonds. The summed E-state index contributed by atoms with van der Waals surface area (Å²) in [5.41, 5.74) is 8.55. The minimum Gasteiger partial charge on any atom is -0.492 e. The highest BCUT2D eigenvalue weighted by Gasteiger charge is 2.32. The van der Waals surface area contributed by atoms with Crippen LogP contribution in [0.2, 0.25) is 0 Å². The van der Waals surface area contributed by atoms with Crippen LogP contribution in [0.5, 0.6) is 5.75 Å². The van der Waals surface area contributed by atoms with Crippen molar-refractivity contribution in [1.29, 1.82) is 0 Å². The predicted molar refractivity (Wildman–Crippen MR) is 167 cm³/mol. The lowest BCUT2D eigenvalue weighted by Crippen LogP contribution is -2.47. The van der Waals surface area contributed by atoms with Gasteiger partial charge in [0.15, 0.2) is 0 Å². The van der Waals surface area contributed by atoms with Crippen molar-refractivity contribution in [2.75, 3.05) is 26.2 Å². The predicted octanol–water partition coefficient (Wildman–Crippen LogP) is 3.80. The summed E-state index contributed by atoms with van der Waals surface area (Å²) in [6, 6.07) is 21.4. The molecule has 12 heteroatoms. The molecule has 0 radical (unpaired) electrons. The molecule has 10 nitrogen and oxygen atoms in total. The average molecular weight is 617 g/mol. The number of fused-ring (bicyclic) bond motifs is 1. The Hall–Kier alpha value is -4.36. The van der Waals surface area contributed by atoms with Gasteiger partial charge in [-0.05, 0) is 91.7 Å². The molecule has 1 fully saturated rings. The van der Waals surface area contributed by atoms with Crippen LogP contribution in [0.1, 0.15) is 18.4 Å². The van der Waals surface area contributed by atoms with Crippen LogP contribution >= 0.6 is 0 Å². The van der Waals surface area contributed by atoms with E-state index in [1.165, 1.54) is 33.1 Å². The fourth-order valence-electron chi connectivity index (χ4n) is 5.46. The molecular formula is C32H33FN6O4S. The van der Waals surface area contributed by atoms with E-state index in [0.717, 1.165) is 18.7 Å². The van der Waals surface area contributed by atoms with Crippen molar-refractivity contribution in [3.8, 4) is 22.7 Å². The molecule has 3 aromatic carbocycles. The van der Waals surface area contributed by atoms with Gasteiger partial charge in [-0.25, -0.2) is 17.6 Å². The molecule has 0 saturated carbocycles. The minimum absolute atomic E-state index is 0.120. The molecule has 4 N–H and O–H groups in total. The van der Waals surface area contributed by atoms with Crippen LogP contribution in [0.3, 0.4) is 0 Å². The number of aromatic nitrogens is 3. The van der Waals surface area contributed by atoms with Crippen LogP contribution in [-0.2, 0) is 16.6 Å². The van der Waals surface area contributed by atoms with Gasteiger partial charge in [-0.1, -0.05) is 24.3 Å². The molecule has 228 valence electrons. The molecule has 2 aromatic heterocycles. The van der Waals surface area contributed by atoms with E-state index in [1.54, 1.807) is 24.4 Å². The molecule has 0 atom stereocenters. The largest absolute Gasteiger partial charge is 0.492 e. The number of hydrogen-bond acceptors (Lipinski definition) is 7. The summed E-state index contributed by atoms with van der Waals surface area (Å²) in [6.45, 7) is 2.10. The molecule has 6 rings (SSSR count). The Bertz CT molecular complexity index is 1920. The van der Waals surface area contributed by atoms with E-state index in [4.69, 9.17) is 10.5 Å². The fourth-order valence-corrected chi connectivity index (χ4v) is 7.18. The maximum Gasteiger partial charge on any atom is 0.354 e. The van der Waals surface area contributed by atoms with E-state index in [-0.39, 0.29) is 29.9 Å². The average Bonchev–Trinajstić information content (AvgIpc) is 3.47. The summed E-state index contributed by atoms with van der Waals surface area (Å²) in [5, 5.41) is 3.99. The maximum atomic E-state index is 14.1. The SMILES string of the molecule is NCc1ccc(-n2cc3cc(-c4cccc(S(=O)(=O)N(CCOc5ccc(F)cc5)C5CCNCC5)c4)[nH]c3nc2=O)cc1. The van der Waals surface area contributed by atoms with E-state index in [1.807, 2.05) is 36.4 Å². The third-order valence-corrected chi connectivity index (χ3v) is 9.77. The second kappa shape index (κ2) is 12.7. The maximum absolute atomic E-state index is 14.1. The fraction of sp³-hybridized carbons (Fsp3) is 0.250. The number of aromatic amines is 1. The van der Waals surface area contributed by atoms with Gasteiger partial charge in [0.1, 0.15) is 23.8 Å². The van der Waals surface area contributed by atoms with E-state index in [0.29, 0.717) is 53.1 Å². The monoisotopic (exact) mass is 616 g/mol. The van der Waals surface area contributed by atoms with Gasteiger partial charge < -0.3 is 20.8 Å². The number of halogens is 1. The van der Waals surface area contributed by atoms with Gasteiger partial charge >= 0.3 is 5.69 Å². The number of H-pyrrole nitrogens is 1. The number of ether oxygens (including phenoxy) is 1. The second-order valence-corrected chi connectivity index (χ2v) is 12.6. The lowest BCUT2D eigenvalue weighted by molar-refractivity contribution is 0.215. The quantitative estimate of drug-likeness (QED) is 0.217. The summed E-state index contributed by atoms with van der Waals surface area (Å²) in [4.78, 5) is 20.4. The van der Waals surface area contributed by atoms with Crippen LogP contribution in [0.25, 0.3) is 28.0 Å². The first-order valence-corrected chi connectivity index (χ1v) is 15.9. The van der Waals surface area contributed by atoms with Gasteiger partial charge in [-0.15, -0.1) is 0 Å². The number of nitrogens with one attached hydrogen (secondary N) is 2. The van der Waals surface area contributed by atoms with Gasteiger partial charge in [0.25, 0.3) is 0 Å². The van der Waals surface area contributed by atoms with E-state index < -0.39 is 15.7 Å². The van der Waals surface area contributed by atoms with Crippen molar-refractivity contribution in [1.82, 2.24) is 24.2 Å². The first-order chi connectivity index (χ1) is 21.3. The van der Waals surface area contributed by atoms with E-state index in [2.05, 4.69) is 15.3 Å². The Morgan fingerprint density at radius 3 is 2.50 bits per heavy atom. The molecule has 0 aliphatic carbocycles. The molecule has 1 aliphatic rings. The van der Waals surface area contributed by atoms with Gasteiger partial charge in [-0.3, -0.25) is 4.57 Å². The van der Waals surface area contributed by atoms with Gasteiger partial charge in [0.05, 0.1) is 10.6 Å². The molecule has 0 bridgehead atoms. The van der Waals surface area contributed by atoms with Gasteiger partial charge in [0, 0.05) is 36.4 Å². The molecule has 5 aromatic rings. The molecule has 0 unspecified atom stereocenters. The topological polar surface area (TPSA) is 135 Å². The Balaban J connectivity index is 1.28. The third kappa shape index (κ3) is 6.29. The summed E-state index contributed by atoms with van der Waals surface area (Å²) in [7, 11) is -3.90. The number of rotatable bonds is 10.